The molecule has 0 aliphatic carbocycles. The minimum atomic E-state index is 0.0874. The molecule has 0 aliphatic heterocycles. The lowest BCUT2D eigenvalue weighted by atomic mass is 10.2. The van der Waals surface area contributed by atoms with Crippen LogP contribution in [0.2, 0.25) is 0 Å². The maximum absolute atomic E-state index is 9.19. The number of aliphatic hydroxyl groups excluding tert-OH is 1. The number of rotatable bonds is 6. The maximum atomic E-state index is 9.19. The van der Waals surface area contributed by atoms with E-state index in [-0.39, 0.29) is 6.61 Å². The van der Waals surface area contributed by atoms with Gasteiger partial charge < -0.3 is 10.0 Å². The van der Waals surface area contributed by atoms with Crippen LogP contribution in [-0.4, -0.2) is 23.7 Å². The van der Waals surface area contributed by atoms with E-state index in [9.17, 15) is 5.11 Å². The fourth-order valence-electron chi connectivity index (χ4n) is 1.61. The second kappa shape index (κ2) is 6.48. The first-order valence-corrected chi connectivity index (χ1v) is 6.03. The molecular weight excluding hydrogens is 200 g/mol. The van der Waals surface area contributed by atoms with Gasteiger partial charge in [-0.05, 0) is 30.5 Å². The fraction of sp³-hybridized carbons (Fsp3) is 0.615. The summed E-state index contributed by atoms with van der Waals surface area (Å²) in [4.78, 5) is 6.72. The lowest BCUT2D eigenvalue weighted by Gasteiger charge is -2.19. The van der Waals surface area contributed by atoms with E-state index in [1.54, 1.807) is 0 Å². The van der Waals surface area contributed by atoms with Crippen LogP contribution < -0.4 is 4.90 Å². The number of nitrogens with zero attached hydrogens (tertiary/aromatic N) is 2. The van der Waals surface area contributed by atoms with Crippen LogP contribution in [0.5, 0.6) is 0 Å². The number of hydrogen-bond donors (Lipinski definition) is 1. The van der Waals surface area contributed by atoms with E-state index in [1.807, 2.05) is 12.1 Å². The van der Waals surface area contributed by atoms with E-state index in [2.05, 4.69) is 30.8 Å². The molecule has 0 fully saturated rings. The number of aromatic nitrogens is 1. The molecule has 1 aromatic rings. The lowest BCUT2D eigenvalue weighted by molar-refractivity contribution is 0.281. The predicted octanol–water partition coefficient (Wildman–Crippen LogP) is 2.37. The molecule has 0 saturated carbocycles. The number of pyridine rings is 1. The number of anilines is 1. The Morgan fingerprint density at radius 1 is 1.31 bits per heavy atom. The molecule has 0 aromatic carbocycles. The fourth-order valence-corrected chi connectivity index (χ4v) is 1.61. The molecule has 3 nitrogen and oxygen atoms in total. The van der Waals surface area contributed by atoms with Crippen LogP contribution in [0.4, 0.5) is 5.82 Å². The Balaban J connectivity index is 2.85. The van der Waals surface area contributed by atoms with Gasteiger partial charge in [-0.15, -0.1) is 0 Å². The zero-order chi connectivity index (χ0) is 12.0. The largest absolute Gasteiger partial charge is 0.392 e. The van der Waals surface area contributed by atoms with Crippen LogP contribution in [0.15, 0.2) is 12.1 Å². The van der Waals surface area contributed by atoms with Gasteiger partial charge in [0.15, 0.2) is 0 Å². The van der Waals surface area contributed by atoms with Crippen molar-refractivity contribution in [1.82, 2.24) is 4.98 Å². The van der Waals surface area contributed by atoms with Gasteiger partial charge in [0.1, 0.15) is 5.82 Å². The SMILES string of the molecule is CCCCN(C)c1cc(CO)cc(CC)n1. The molecule has 1 aromatic heterocycles. The number of hydrogen-bond acceptors (Lipinski definition) is 3. The van der Waals surface area contributed by atoms with E-state index in [4.69, 9.17) is 0 Å². The number of aryl methyl sites for hydroxylation is 1. The first-order chi connectivity index (χ1) is 7.71. The van der Waals surface area contributed by atoms with Crippen molar-refractivity contribution in [3.63, 3.8) is 0 Å². The highest BCUT2D eigenvalue weighted by Gasteiger charge is 2.05. The van der Waals surface area contributed by atoms with Gasteiger partial charge in [0, 0.05) is 19.3 Å². The molecule has 1 heterocycles. The summed E-state index contributed by atoms with van der Waals surface area (Å²) in [6, 6.07) is 3.94. The summed E-state index contributed by atoms with van der Waals surface area (Å²) in [5.74, 6) is 0.969. The van der Waals surface area contributed by atoms with Crippen molar-refractivity contribution in [1.29, 1.82) is 0 Å². The summed E-state index contributed by atoms with van der Waals surface area (Å²) in [7, 11) is 2.05. The first kappa shape index (κ1) is 13.0. The zero-order valence-corrected chi connectivity index (χ0v) is 10.5. The van der Waals surface area contributed by atoms with Gasteiger partial charge in [-0.2, -0.15) is 0 Å². The van der Waals surface area contributed by atoms with E-state index >= 15 is 0 Å². The van der Waals surface area contributed by atoms with E-state index in [0.29, 0.717) is 0 Å². The summed E-state index contributed by atoms with van der Waals surface area (Å²) in [5.41, 5.74) is 2.00. The number of aliphatic hydroxyl groups is 1. The van der Waals surface area contributed by atoms with Gasteiger partial charge in [-0.3, -0.25) is 0 Å². The summed E-state index contributed by atoms with van der Waals surface area (Å²) in [6.07, 6.45) is 3.26. The second-order valence-corrected chi connectivity index (χ2v) is 4.11. The lowest BCUT2D eigenvalue weighted by Crippen LogP contribution is -2.20. The Kier molecular flexibility index (Phi) is 5.26. The van der Waals surface area contributed by atoms with Crippen LogP contribution in [-0.2, 0) is 13.0 Å². The Hall–Kier alpha value is -1.09. The van der Waals surface area contributed by atoms with Crippen molar-refractivity contribution in [3.8, 4) is 0 Å². The third-order valence-electron chi connectivity index (χ3n) is 2.71. The topological polar surface area (TPSA) is 36.4 Å². The number of unbranched alkanes of at least 4 members (excludes halogenated alkanes) is 1. The minimum Gasteiger partial charge on any atom is -0.392 e. The first-order valence-electron chi connectivity index (χ1n) is 6.03. The van der Waals surface area contributed by atoms with E-state index in [0.717, 1.165) is 30.0 Å². The average molecular weight is 222 g/mol. The third-order valence-corrected chi connectivity index (χ3v) is 2.71. The summed E-state index contributed by atoms with van der Waals surface area (Å²) in [6.45, 7) is 5.37. The van der Waals surface area contributed by atoms with Crippen molar-refractivity contribution in [2.24, 2.45) is 0 Å². The molecule has 0 bridgehead atoms. The Labute approximate surface area is 98.1 Å². The molecule has 16 heavy (non-hydrogen) atoms. The second-order valence-electron chi connectivity index (χ2n) is 4.11. The van der Waals surface area contributed by atoms with Crippen LogP contribution in [0.1, 0.15) is 37.9 Å². The summed E-state index contributed by atoms with van der Waals surface area (Å²) < 4.78 is 0. The highest BCUT2D eigenvalue weighted by molar-refractivity contribution is 5.41. The molecule has 90 valence electrons. The molecule has 0 aliphatic rings. The summed E-state index contributed by atoms with van der Waals surface area (Å²) in [5, 5.41) is 9.19. The summed E-state index contributed by atoms with van der Waals surface area (Å²) >= 11 is 0. The van der Waals surface area contributed by atoms with E-state index < -0.39 is 0 Å². The smallest absolute Gasteiger partial charge is 0.128 e. The average Bonchev–Trinajstić information content (AvgIpc) is 2.35. The van der Waals surface area contributed by atoms with Gasteiger partial charge >= 0.3 is 0 Å². The molecule has 0 atom stereocenters. The van der Waals surface area contributed by atoms with Crippen molar-refractivity contribution in [3.05, 3.63) is 23.4 Å². The molecule has 0 amide bonds. The normalized spacial score (nSPS) is 10.5. The van der Waals surface area contributed by atoms with Crippen molar-refractivity contribution in [2.45, 2.75) is 39.7 Å². The van der Waals surface area contributed by atoms with Gasteiger partial charge in [0.05, 0.1) is 6.61 Å². The van der Waals surface area contributed by atoms with Crippen molar-refractivity contribution < 1.29 is 5.11 Å². The predicted molar refractivity (Wildman–Crippen MR) is 67.7 cm³/mol. The van der Waals surface area contributed by atoms with Gasteiger partial charge in [-0.25, -0.2) is 4.98 Å². The minimum absolute atomic E-state index is 0.0874. The Morgan fingerprint density at radius 2 is 2.06 bits per heavy atom. The van der Waals surface area contributed by atoms with Crippen LogP contribution >= 0.6 is 0 Å². The molecule has 1 rings (SSSR count). The Bertz CT molecular complexity index is 303. The van der Waals surface area contributed by atoms with Gasteiger partial charge in [0.2, 0.25) is 0 Å². The molecule has 0 spiro atoms. The van der Waals surface area contributed by atoms with Gasteiger partial charge in [0.25, 0.3) is 0 Å². The Morgan fingerprint density at radius 3 is 2.62 bits per heavy atom. The standard InChI is InChI=1S/C13H22N2O/c1-4-6-7-15(3)13-9-11(10-16)8-12(5-2)14-13/h8-9,16H,4-7,10H2,1-3H3. The molecule has 1 N–H and O–H groups in total. The highest BCUT2D eigenvalue weighted by atomic mass is 16.3. The molecule has 0 radical (unpaired) electrons. The molecule has 0 saturated heterocycles. The van der Waals surface area contributed by atoms with Crippen molar-refractivity contribution in [2.75, 3.05) is 18.5 Å². The quantitative estimate of drug-likeness (QED) is 0.802. The molecular formula is C13H22N2O. The van der Waals surface area contributed by atoms with Crippen LogP contribution in [0, 0.1) is 0 Å². The third kappa shape index (κ3) is 3.49. The monoisotopic (exact) mass is 222 g/mol. The maximum Gasteiger partial charge on any atom is 0.128 e. The van der Waals surface area contributed by atoms with E-state index in [1.165, 1.54) is 12.8 Å². The van der Waals surface area contributed by atoms with Crippen LogP contribution in [0.25, 0.3) is 0 Å². The molecule has 0 unspecified atom stereocenters. The zero-order valence-electron chi connectivity index (χ0n) is 10.5. The van der Waals surface area contributed by atoms with Gasteiger partial charge in [-0.1, -0.05) is 20.3 Å². The van der Waals surface area contributed by atoms with Crippen molar-refractivity contribution >= 4 is 5.82 Å². The highest BCUT2D eigenvalue weighted by Crippen LogP contribution is 2.15. The molecule has 3 heteroatoms. The van der Waals surface area contributed by atoms with Crippen LogP contribution in [0.3, 0.4) is 0 Å².